The van der Waals surface area contributed by atoms with Gasteiger partial charge in [-0.25, -0.2) is 0 Å². The van der Waals surface area contributed by atoms with Crippen molar-refractivity contribution in [2.24, 2.45) is 11.0 Å². The van der Waals surface area contributed by atoms with E-state index in [1.165, 1.54) is 12.8 Å². The van der Waals surface area contributed by atoms with E-state index in [0.717, 1.165) is 6.54 Å². The van der Waals surface area contributed by atoms with Gasteiger partial charge in [-0.3, -0.25) is 0 Å². The summed E-state index contributed by atoms with van der Waals surface area (Å²) in [5.74, 6) is 0.550. The Hall–Kier alpha value is -0.530. The maximum atomic E-state index is 4.03. The molecule has 1 N–H and O–H groups in total. The zero-order chi connectivity index (χ0) is 7.82. The summed E-state index contributed by atoms with van der Waals surface area (Å²) >= 11 is 0. The number of nitrogens with one attached hydrogen (secondary N) is 1. The lowest BCUT2D eigenvalue weighted by Crippen LogP contribution is -2.07. The first-order chi connectivity index (χ1) is 4.77. The fourth-order valence-electron chi connectivity index (χ4n) is 0.522. The molecule has 0 rings (SSSR count). The first kappa shape index (κ1) is 9.47. The van der Waals surface area contributed by atoms with Crippen molar-refractivity contribution in [2.45, 2.75) is 33.6 Å². The van der Waals surface area contributed by atoms with Gasteiger partial charge in [0.2, 0.25) is 0 Å². The fraction of sp³-hybridized carbons (Fsp3) is 0.875. The third-order valence-corrected chi connectivity index (χ3v) is 1.11. The number of unbranched alkanes of at least 4 members (excludes halogenated alkanes) is 1. The van der Waals surface area contributed by atoms with Gasteiger partial charge in [0.25, 0.3) is 0 Å². The van der Waals surface area contributed by atoms with Gasteiger partial charge in [0.1, 0.15) is 0 Å². The van der Waals surface area contributed by atoms with E-state index in [1.807, 2.05) is 6.21 Å². The summed E-state index contributed by atoms with van der Waals surface area (Å²) < 4.78 is 0. The summed E-state index contributed by atoms with van der Waals surface area (Å²) in [7, 11) is 0. The molecule has 0 amide bonds. The molecule has 2 nitrogen and oxygen atoms in total. The molecule has 0 bridgehead atoms. The largest absolute Gasteiger partial charge is 0.310 e. The summed E-state index contributed by atoms with van der Waals surface area (Å²) in [5.41, 5.74) is 2.99. The highest BCUT2D eigenvalue weighted by molar-refractivity contribution is 5.58. The van der Waals surface area contributed by atoms with Gasteiger partial charge in [0.05, 0.1) is 0 Å². The molecular weight excluding hydrogens is 124 g/mol. The van der Waals surface area contributed by atoms with Crippen LogP contribution >= 0.6 is 0 Å². The summed E-state index contributed by atoms with van der Waals surface area (Å²) in [6, 6.07) is 0. The molecule has 0 aliphatic rings. The van der Waals surface area contributed by atoms with Gasteiger partial charge in [-0.1, -0.05) is 27.2 Å². The third-order valence-electron chi connectivity index (χ3n) is 1.11. The topological polar surface area (TPSA) is 24.4 Å². The molecule has 0 atom stereocenters. The average Bonchev–Trinajstić information content (AvgIpc) is 1.87. The Kier molecular flexibility index (Phi) is 6.24. The molecule has 0 aromatic carbocycles. The van der Waals surface area contributed by atoms with Crippen LogP contribution < -0.4 is 5.43 Å². The van der Waals surface area contributed by atoms with Gasteiger partial charge in [-0.2, -0.15) is 5.10 Å². The molecule has 0 saturated carbocycles. The van der Waals surface area contributed by atoms with E-state index >= 15 is 0 Å². The van der Waals surface area contributed by atoms with E-state index in [2.05, 4.69) is 31.3 Å². The summed E-state index contributed by atoms with van der Waals surface area (Å²) in [4.78, 5) is 0. The quantitative estimate of drug-likeness (QED) is 0.354. The number of rotatable bonds is 5. The fourth-order valence-corrected chi connectivity index (χ4v) is 0.522. The van der Waals surface area contributed by atoms with Crippen LogP contribution in [0.25, 0.3) is 0 Å². The first-order valence-electron chi connectivity index (χ1n) is 4.03. The number of nitrogens with zero attached hydrogens (tertiary/aromatic N) is 1. The van der Waals surface area contributed by atoms with Crippen LogP contribution in [-0.4, -0.2) is 12.8 Å². The minimum atomic E-state index is 0.550. The molecule has 0 aromatic rings. The van der Waals surface area contributed by atoms with Gasteiger partial charge in [0, 0.05) is 12.8 Å². The Morgan fingerprint density at radius 1 is 1.50 bits per heavy atom. The first-order valence-corrected chi connectivity index (χ1v) is 4.03. The SMILES string of the molecule is CCCCN/N=C/C(C)C. The molecule has 0 aliphatic heterocycles. The molecule has 10 heavy (non-hydrogen) atoms. The monoisotopic (exact) mass is 142 g/mol. The molecular formula is C8H18N2. The van der Waals surface area contributed by atoms with Crippen LogP contribution in [0, 0.1) is 5.92 Å². The maximum absolute atomic E-state index is 4.03. The zero-order valence-corrected chi connectivity index (χ0v) is 7.22. The Labute approximate surface area is 63.7 Å². The van der Waals surface area contributed by atoms with E-state index < -0.39 is 0 Å². The summed E-state index contributed by atoms with van der Waals surface area (Å²) in [5, 5.41) is 4.03. The van der Waals surface area contributed by atoms with Crippen LogP contribution in [0.2, 0.25) is 0 Å². The minimum Gasteiger partial charge on any atom is -0.310 e. The Morgan fingerprint density at radius 3 is 2.70 bits per heavy atom. The highest BCUT2D eigenvalue weighted by Gasteiger charge is 1.83. The van der Waals surface area contributed by atoms with E-state index in [9.17, 15) is 0 Å². The molecule has 0 unspecified atom stereocenters. The second kappa shape index (κ2) is 6.59. The normalized spacial score (nSPS) is 11.2. The van der Waals surface area contributed by atoms with Crippen molar-refractivity contribution in [1.29, 1.82) is 0 Å². The van der Waals surface area contributed by atoms with Crippen molar-refractivity contribution in [1.82, 2.24) is 5.43 Å². The van der Waals surface area contributed by atoms with Crippen molar-refractivity contribution in [3.05, 3.63) is 0 Å². The molecule has 0 aliphatic carbocycles. The number of hydrogen-bond acceptors (Lipinski definition) is 2. The van der Waals surface area contributed by atoms with Gasteiger partial charge in [-0.15, -0.1) is 0 Å². The van der Waals surface area contributed by atoms with Crippen molar-refractivity contribution in [3.8, 4) is 0 Å². The molecule has 60 valence electrons. The van der Waals surface area contributed by atoms with Crippen LogP contribution in [0.1, 0.15) is 33.6 Å². The Balaban J connectivity index is 3.02. The molecule has 0 radical (unpaired) electrons. The van der Waals surface area contributed by atoms with Crippen LogP contribution in [0.15, 0.2) is 5.10 Å². The lowest BCUT2D eigenvalue weighted by atomic mass is 10.3. The molecule has 0 fully saturated rings. The third kappa shape index (κ3) is 7.47. The highest BCUT2D eigenvalue weighted by atomic mass is 15.3. The Morgan fingerprint density at radius 2 is 2.20 bits per heavy atom. The van der Waals surface area contributed by atoms with Crippen molar-refractivity contribution < 1.29 is 0 Å². The van der Waals surface area contributed by atoms with Crippen LogP contribution in [0.3, 0.4) is 0 Å². The number of hydrazone groups is 1. The second-order valence-electron chi connectivity index (χ2n) is 2.78. The number of hydrogen-bond donors (Lipinski definition) is 1. The van der Waals surface area contributed by atoms with Crippen molar-refractivity contribution in [2.75, 3.05) is 6.54 Å². The molecule has 0 aromatic heterocycles. The summed E-state index contributed by atoms with van der Waals surface area (Å²) in [6.07, 6.45) is 4.36. The van der Waals surface area contributed by atoms with E-state index in [0.29, 0.717) is 5.92 Å². The lowest BCUT2D eigenvalue weighted by Gasteiger charge is -1.97. The maximum Gasteiger partial charge on any atom is 0.0329 e. The van der Waals surface area contributed by atoms with E-state index in [1.54, 1.807) is 0 Å². The molecule has 2 heteroatoms. The minimum absolute atomic E-state index is 0.550. The predicted molar refractivity (Wildman–Crippen MR) is 46.2 cm³/mol. The van der Waals surface area contributed by atoms with Gasteiger partial charge in [-0.05, 0) is 12.3 Å². The van der Waals surface area contributed by atoms with Gasteiger partial charge >= 0.3 is 0 Å². The lowest BCUT2D eigenvalue weighted by molar-refractivity contribution is 0.668. The van der Waals surface area contributed by atoms with Crippen LogP contribution in [0.5, 0.6) is 0 Å². The molecule has 0 saturated heterocycles. The van der Waals surface area contributed by atoms with Gasteiger partial charge in [0.15, 0.2) is 0 Å². The molecule has 0 spiro atoms. The molecule has 0 heterocycles. The highest BCUT2D eigenvalue weighted by Crippen LogP contribution is 1.84. The van der Waals surface area contributed by atoms with E-state index in [-0.39, 0.29) is 0 Å². The van der Waals surface area contributed by atoms with Crippen LogP contribution in [0.4, 0.5) is 0 Å². The standard InChI is InChI=1S/C8H18N2/c1-4-5-6-9-10-7-8(2)3/h7-9H,4-6H2,1-3H3/b10-7+. The van der Waals surface area contributed by atoms with E-state index in [4.69, 9.17) is 0 Å². The Bertz CT molecular complexity index is 87.3. The smallest absolute Gasteiger partial charge is 0.0329 e. The summed E-state index contributed by atoms with van der Waals surface area (Å²) in [6.45, 7) is 7.41. The predicted octanol–water partition coefficient (Wildman–Crippen LogP) is 2.02. The van der Waals surface area contributed by atoms with Crippen molar-refractivity contribution in [3.63, 3.8) is 0 Å². The van der Waals surface area contributed by atoms with Crippen molar-refractivity contribution >= 4 is 6.21 Å². The average molecular weight is 142 g/mol. The van der Waals surface area contributed by atoms with Gasteiger partial charge < -0.3 is 5.43 Å². The second-order valence-corrected chi connectivity index (χ2v) is 2.78. The zero-order valence-electron chi connectivity index (χ0n) is 7.22. The van der Waals surface area contributed by atoms with Crippen LogP contribution in [-0.2, 0) is 0 Å².